The number of amides is 1. The lowest BCUT2D eigenvalue weighted by Gasteiger charge is -2.21. The Morgan fingerprint density at radius 2 is 1.85 bits per heavy atom. The third kappa shape index (κ3) is 2.87. The van der Waals surface area contributed by atoms with Gasteiger partial charge in [-0.05, 0) is 43.9 Å². The van der Waals surface area contributed by atoms with E-state index in [4.69, 9.17) is 0 Å². The van der Waals surface area contributed by atoms with Crippen molar-refractivity contribution < 1.29 is 28.2 Å². The largest absolute Gasteiger partial charge is 0.507 e. The lowest BCUT2D eigenvalue weighted by atomic mass is 10.0. The van der Waals surface area contributed by atoms with E-state index < -0.39 is 29.0 Å². The van der Waals surface area contributed by atoms with Gasteiger partial charge in [0, 0.05) is 5.69 Å². The van der Waals surface area contributed by atoms with Gasteiger partial charge >= 0.3 is 6.18 Å². The summed E-state index contributed by atoms with van der Waals surface area (Å²) in [5, 5.41) is 21.5. The summed E-state index contributed by atoms with van der Waals surface area (Å²) in [6.07, 6.45) is -2.72. The quantitative estimate of drug-likeness (QED) is 0.733. The Labute approximate surface area is 113 Å². The third-order valence-electron chi connectivity index (χ3n) is 3.41. The molecule has 0 bridgehead atoms. The van der Waals surface area contributed by atoms with Crippen LogP contribution < -0.4 is 5.32 Å². The summed E-state index contributed by atoms with van der Waals surface area (Å²) in [6, 6.07) is 2.66. The summed E-state index contributed by atoms with van der Waals surface area (Å²) < 4.78 is 37.9. The summed E-state index contributed by atoms with van der Waals surface area (Å²) in [6.45, 7) is 0. The highest BCUT2D eigenvalue weighted by Crippen LogP contribution is 2.37. The maximum absolute atomic E-state index is 12.6. The standard InChI is InChI=1S/C13H14F3NO3/c14-13(15,16)9-7-8(3-4-10(9)18)17-11(19)12(20)5-1-2-6-12/h3-4,7,18,20H,1-2,5-6H2,(H,17,19). The second-order valence-electron chi connectivity index (χ2n) is 4.92. The lowest BCUT2D eigenvalue weighted by Crippen LogP contribution is -2.40. The first kappa shape index (κ1) is 14.6. The summed E-state index contributed by atoms with van der Waals surface area (Å²) >= 11 is 0. The van der Waals surface area contributed by atoms with E-state index in [2.05, 4.69) is 5.32 Å². The number of aromatic hydroxyl groups is 1. The molecule has 0 saturated heterocycles. The average molecular weight is 289 g/mol. The van der Waals surface area contributed by atoms with E-state index in [1.807, 2.05) is 0 Å². The zero-order valence-electron chi connectivity index (χ0n) is 10.5. The first-order valence-electron chi connectivity index (χ1n) is 6.16. The van der Waals surface area contributed by atoms with Crippen molar-refractivity contribution in [2.24, 2.45) is 0 Å². The number of anilines is 1. The van der Waals surface area contributed by atoms with Crippen molar-refractivity contribution in [1.82, 2.24) is 0 Å². The van der Waals surface area contributed by atoms with Gasteiger partial charge in [-0.2, -0.15) is 13.2 Å². The van der Waals surface area contributed by atoms with Gasteiger partial charge < -0.3 is 15.5 Å². The Hall–Kier alpha value is -1.76. The Bertz CT molecular complexity index is 522. The number of halogens is 3. The van der Waals surface area contributed by atoms with E-state index in [0.29, 0.717) is 31.7 Å². The SMILES string of the molecule is O=C(Nc1ccc(O)c(C(F)(F)F)c1)C1(O)CCCC1. The smallest absolute Gasteiger partial charge is 0.420 e. The van der Waals surface area contributed by atoms with Crippen molar-refractivity contribution in [3.63, 3.8) is 0 Å². The fourth-order valence-electron chi connectivity index (χ4n) is 2.28. The van der Waals surface area contributed by atoms with Crippen LogP contribution in [0, 0.1) is 0 Å². The molecule has 0 unspecified atom stereocenters. The normalized spacial score (nSPS) is 18.0. The molecule has 0 heterocycles. The van der Waals surface area contributed by atoms with Crippen LogP contribution in [-0.2, 0) is 11.0 Å². The number of nitrogens with one attached hydrogen (secondary N) is 1. The predicted octanol–water partition coefficient (Wildman–Crippen LogP) is 2.65. The fraction of sp³-hybridized carbons (Fsp3) is 0.462. The topological polar surface area (TPSA) is 69.6 Å². The van der Waals surface area contributed by atoms with E-state index in [0.717, 1.165) is 12.1 Å². The minimum atomic E-state index is -4.71. The molecule has 110 valence electrons. The molecular formula is C13H14F3NO3. The number of benzene rings is 1. The summed E-state index contributed by atoms with van der Waals surface area (Å²) in [5.41, 5.74) is -2.86. The Balaban J connectivity index is 2.20. The van der Waals surface area contributed by atoms with Gasteiger partial charge in [-0.15, -0.1) is 0 Å². The molecule has 1 amide bonds. The number of phenolic OH excluding ortho intramolecular Hbond substituents is 1. The third-order valence-corrected chi connectivity index (χ3v) is 3.41. The fourth-order valence-corrected chi connectivity index (χ4v) is 2.28. The van der Waals surface area contributed by atoms with Gasteiger partial charge in [-0.1, -0.05) is 0 Å². The van der Waals surface area contributed by atoms with Gasteiger partial charge in [0.2, 0.25) is 0 Å². The monoisotopic (exact) mass is 289 g/mol. The molecule has 0 radical (unpaired) electrons. The number of hydrogen-bond acceptors (Lipinski definition) is 3. The second-order valence-corrected chi connectivity index (χ2v) is 4.92. The minimum Gasteiger partial charge on any atom is -0.507 e. The molecule has 0 atom stereocenters. The number of alkyl halides is 3. The molecular weight excluding hydrogens is 275 g/mol. The van der Waals surface area contributed by atoms with Gasteiger partial charge in [-0.3, -0.25) is 4.79 Å². The molecule has 1 aromatic rings. The number of aliphatic hydroxyl groups is 1. The number of carbonyl (C=O) groups is 1. The van der Waals surface area contributed by atoms with E-state index in [9.17, 15) is 28.2 Å². The molecule has 0 aromatic heterocycles. The number of hydrogen-bond donors (Lipinski definition) is 3. The van der Waals surface area contributed by atoms with Crippen LogP contribution in [0.15, 0.2) is 18.2 Å². The van der Waals surface area contributed by atoms with Crippen molar-refractivity contribution >= 4 is 11.6 Å². The second kappa shape index (κ2) is 4.97. The summed E-state index contributed by atoms with van der Waals surface area (Å²) in [4.78, 5) is 11.9. The molecule has 0 aliphatic heterocycles. The van der Waals surface area contributed by atoms with Crippen molar-refractivity contribution in [2.75, 3.05) is 5.32 Å². The van der Waals surface area contributed by atoms with Gasteiger partial charge in [0.25, 0.3) is 5.91 Å². The lowest BCUT2D eigenvalue weighted by molar-refractivity contribution is -0.139. The van der Waals surface area contributed by atoms with Gasteiger partial charge in [-0.25, -0.2) is 0 Å². The molecule has 3 N–H and O–H groups in total. The molecule has 1 aliphatic rings. The highest BCUT2D eigenvalue weighted by atomic mass is 19.4. The first-order valence-corrected chi connectivity index (χ1v) is 6.16. The number of rotatable bonds is 2. The molecule has 1 fully saturated rings. The van der Waals surface area contributed by atoms with Crippen molar-refractivity contribution in [3.05, 3.63) is 23.8 Å². The maximum atomic E-state index is 12.6. The first-order chi connectivity index (χ1) is 9.22. The van der Waals surface area contributed by atoms with Crippen LogP contribution in [0.4, 0.5) is 18.9 Å². The van der Waals surface area contributed by atoms with Crippen LogP contribution >= 0.6 is 0 Å². The molecule has 1 aliphatic carbocycles. The summed E-state index contributed by atoms with van der Waals surface area (Å²) in [7, 11) is 0. The average Bonchev–Trinajstić information content (AvgIpc) is 2.78. The molecule has 1 saturated carbocycles. The van der Waals surface area contributed by atoms with Crippen LogP contribution in [0.2, 0.25) is 0 Å². The Morgan fingerprint density at radius 3 is 2.40 bits per heavy atom. The highest BCUT2D eigenvalue weighted by Gasteiger charge is 2.39. The number of phenols is 1. The van der Waals surface area contributed by atoms with Crippen LogP contribution in [0.5, 0.6) is 5.75 Å². The van der Waals surface area contributed by atoms with Gasteiger partial charge in [0.1, 0.15) is 11.4 Å². The predicted molar refractivity (Wildman–Crippen MR) is 65.2 cm³/mol. The van der Waals surface area contributed by atoms with E-state index in [-0.39, 0.29) is 5.69 Å². The van der Waals surface area contributed by atoms with Crippen LogP contribution in [-0.4, -0.2) is 21.7 Å². The van der Waals surface area contributed by atoms with Crippen molar-refractivity contribution in [1.29, 1.82) is 0 Å². The van der Waals surface area contributed by atoms with Crippen LogP contribution in [0.3, 0.4) is 0 Å². The van der Waals surface area contributed by atoms with E-state index >= 15 is 0 Å². The molecule has 2 rings (SSSR count). The van der Waals surface area contributed by atoms with Gasteiger partial charge in [0.05, 0.1) is 5.56 Å². The molecule has 0 spiro atoms. The molecule has 4 nitrogen and oxygen atoms in total. The number of carbonyl (C=O) groups excluding carboxylic acids is 1. The zero-order valence-corrected chi connectivity index (χ0v) is 10.5. The Kier molecular flexibility index (Phi) is 3.64. The summed E-state index contributed by atoms with van der Waals surface area (Å²) in [5.74, 6) is -1.62. The Morgan fingerprint density at radius 1 is 1.25 bits per heavy atom. The molecule has 1 aromatic carbocycles. The van der Waals surface area contributed by atoms with E-state index in [1.165, 1.54) is 0 Å². The van der Waals surface area contributed by atoms with Crippen molar-refractivity contribution in [2.45, 2.75) is 37.5 Å². The molecule has 7 heteroatoms. The van der Waals surface area contributed by atoms with Crippen LogP contribution in [0.25, 0.3) is 0 Å². The molecule has 20 heavy (non-hydrogen) atoms. The van der Waals surface area contributed by atoms with Gasteiger partial charge in [0.15, 0.2) is 0 Å². The zero-order chi connectivity index (χ0) is 15.0. The van der Waals surface area contributed by atoms with E-state index in [1.54, 1.807) is 0 Å². The maximum Gasteiger partial charge on any atom is 0.420 e. The van der Waals surface area contributed by atoms with Crippen molar-refractivity contribution in [3.8, 4) is 5.75 Å². The van der Waals surface area contributed by atoms with Crippen LogP contribution in [0.1, 0.15) is 31.2 Å². The minimum absolute atomic E-state index is 0.111. The highest BCUT2D eigenvalue weighted by molar-refractivity contribution is 5.97.